The van der Waals surface area contributed by atoms with Crippen LogP contribution in [0.3, 0.4) is 0 Å². The fraction of sp³-hybridized carbons (Fsp3) is 0.304. The number of nitrogens with one attached hydrogen (secondary N) is 2. The van der Waals surface area contributed by atoms with Gasteiger partial charge in [0.25, 0.3) is 5.91 Å². The van der Waals surface area contributed by atoms with Crippen LogP contribution < -0.4 is 15.6 Å². The second kappa shape index (κ2) is 10.8. The van der Waals surface area contributed by atoms with Crippen LogP contribution in [-0.4, -0.2) is 42.3 Å². The first-order valence-corrected chi connectivity index (χ1v) is 10.1. The molecule has 0 saturated heterocycles. The number of ether oxygens (including phenoxy) is 2. The molecule has 1 aliphatic heterocycles. The minimum atomic E-state index is -1.26. The van der Waals surface area contributed by atoms with Crippen molar-refractivity contribution < 1.29 is 28.2 Å². The van der Waals surface area contributed by atoms with E-state index in [1.165, 1.54) is 6.07 Å². The fourth-order valence-corrected chi connectivity index (χ4v) is 3.13. The van der Waals surface area contributed by atoms with Crippen molar-refractivity contribution in [1.82, 2.24) is 10.9 Å². The van der Waals surface area contributed by atoms with E-state index in [1.807, 2.05) is 0 Å². The van der Waals surface area contributed by atoms with Gasteiger partial charge in [0.05, 0.1) is 6.61 Å². The van der Waals surface area contributed by atoms with E-state index in [9.17, 15) is 13.6 Å². The molecule has 7 nitrogen and oxygen atoms in total. The number of benzene rings is 2. The third kappa shape index (κ3) is 5.49. The van der Waals surface area contributed by atoms with Gasteiger partial charge in [-0.2, -0.15) is 0 Å². The van der Waals surface area contributed by atoms with Crippen LogP contribution in [0.5, 0.6) is 5.75 Å². The Balaban J connectivity index is 1.66. The Morgan fingerprint density at radius 3 is 2.62 bits per heavy atom. The Hall–Kier alpha value is -3.30. The summed E-state index contributed by atoms with van der Waals surface area (Å²) in [7, 11) is 0. The highest BCUT2D eigenvalue weighted by Crippen LogP contribution is 2.27. The van der Waals surface area contributed by atoms with Crippen molar-refractivity contribution in [2.45, 2.75) is 24.9 Å². The Bertz CT molecular complexity index is 961. The van der Waals surface area contributed by atoms with Gasteiger partial charge in [-0.25, -0.2) is 19.2 Å². The van der Waals surface area contributed by atoms with Gasteiger partial charge in [0.1, 0.15) is 24.0 Å². The molecule has 1 heterocycles. The summed E-state index contributed by atoms with van der Waals surface area (Å²) in [5.74, 6) is -0.987. The third-order valence-electron chi connectivity index (χ3n) is 4.87. The summed E-state index contributed by atoms with van der Waals surface area (Å²) in [5.41, 5.74) is 4.25. The van der Waals surface area contributed by atoms with E-state index < -0.39 is 23.1 Å². The zero-order valence-electron chi connectivity index (χ0n) is 17.4. The fourth-order valence-electron chi connectivity index (χ4n) is 3.13. The van der Waals surface area contributed by atoms with Gasteiger partial charge in [-0.15, -0.1) is 6.58 Å². The number of rotatable bonds is 11. The number of aliphatic hydroxyl groups excluding tert-OH is 1. The van der Waals surface area contributed by atoms with E-state index in [0.29, 0.717) is 30.2 Å². The molecule has 9 heteroatoms. The highest BCUT2D eigenvalue weighted by atomic mass is 19.1. The molecule has 0 fully saturated rings. The molecule has 0 unspecified atom stereocenters. The number of hydrogen-bond acceptors (Lipinski definition) is 6. The molecule has 0 spiro atoms. The van der Waals surface area contributed by atoms with Gasteiger partial charge in [0.2, 0.25) is 5.90 Å². The van der Waals surface area contributed by atoms with Gasteiger partial charge in [0.15, 0.2) is 5.54 Å². The van der Waals surface area contributed by atoms with Crippen molar-refractivity contribution >= 4 is 11.8 Å². The quantitative estimate of drug-likeness (QED) is 0.281. The lowest BCUT2D eigenvalue weighted by Crippen LogP contribution is -2.51. The Morgan fingerprint density at radius 2 is 1.97 bits per heavy atom. The SMILES string of the molecule is C=CC[C@@]1(C(=O)NNCc2c(F)cccc2F)COC(c2ccc(OCCCO)cc2)=N1. The Labute approximate surface area is 184 Å². The monoisotopic (exact) mass is 445 g/mol. The van der Waals surface area contributed by atoms with E-state index in [1.54, 1.807) is 30.3 Å². The number of carbonyl (C=O) groups is 1. The smallest absolute Gasteiger partial charge is 0.266 e. The van der Waals surface area contributed by atoms with Crippen molar-refractivity contribution in [2.24, 2.45) is 4.99 Å². The third-order valence-corrected chi connectivity index (χ3v) is 4.87. The number of nitrogens with zero attached hydrogens (tertiary/aromatic N) is 1. The van der Waals surface area contributed by atoms with Gasteiger partial charge >= 0.3 is 0 Å². The number of carbonyl (C=O) groups excluding carboxylic acids is 1. The summed E-state index contributed by atoms with van der Waals surface area (Å²) in [6.45, 7) is 3.91. The Kier molecular flexibility index (Phi) is 7.91. The highest BCUT2D eigenvalue weighted by Gasteiger charge is 2.43. The lowest BCUT2D eigenvalue weighted by Gasteiger charge is -2.21. The Morgan fingerprint density at radius 1 is 1.25 bits per heavy atom. The van der Waals surface area contributed by atoms with E-state index in [0.717, 1.165) is 12.1 Å². The second-order valence-corrected chi connectivity index (χ2v) is 7.19. The average Bonchev–Trinajstić information content (AvgIpc) is 3.22. The van der Waals surface area contributed by atoms with E-state index in [2.05, 4.69) is 22.4 Å². The molecule has 0 aromatic heterocycles. The van der Waals surface area contributed by atoms with Gasteiger partial charge in [-0.05, 0) is 36.4 Å². The summed E-state index contributed by atoms with van der Waals surface area (Å²) >= 11 is 0. The molecule has 0 saturated carbocycles. The highest BCUT2D eigenvalue weighted by molar-refractivity contribution is 6.00. The molecule has 1 aliphatic rings. The number of hydrogen-bond donors (Lipinski definition) is 3. The molecule has 2 aromatic carbocycles. The van der Waals surface area contributed by atoms with Gasteiger partial charge in [-0.3, -0.25) is 10.2 Å². The van der Waals surface area contributed by atoms with Crippen molar-refractivity contribution in [2.75, 3.05) is 19.8 Å². The van der Waals surface area contributed by atoms with Crippen LogP contribution >= 0.6 is 0 Å². The van der Waals surface area contributed by atoms with Crippen LogP contribution in [0.15, 0.2) is 60.1 Å². The second-order valence-electron chi connectivity index (χ2n) is 7.19. The molecule has 2 aromatic rings. The molecule has 1 amide bonds. The first-order chi connectivity index (χ1) is 15.5. The van der Waals surface area contributed by atoms with Crippen LogP contribution in [0.2, 0.25) is 0 Å². The lowest BCUT2D eigenvalue weighted by atomic mass is 9.97. The molecule has 32 heavy (non-hydrogen) atoms. The molecule has 3 rings (SSSR count). The molecule has 0 bridgehead atoms. The van der Waals surface area contributed by atoms with Crippen LogP contribution in [0.1, 0.15) is 24.0 Å². The van der Waals surface area contributed by atoms with Crippen molar-refractivity contribution in [3.05, 3.63) is 77.9 Å². The number of halogens is 2. The molecular weight excluding hydrogens is 420 g/mol. The summed E-state index contributed by atoms with van der Waals surface area (Å²) < 4.78 is 38.7. The standard InChI is InChI=1S/C23H25F2N3O4/c1-2-11-23(22(30)28-26-14-18-19(24)5-3-6-20(18)25)15-32-21(27-23)16-7-9-17(10-8-16)31-13-4-12-29/h2-3,5-10,26,29H,1,4,11-15H2,(H,28,30)/t23-/m0/s1. The van der Waals surface area contributed by atoms with Gasteiger partial charge < -0.3 is 14.6 Å². The largest absolute Gasteiger partial charge is 0.494 e. The van der Waals surface area contributed by atoms with Crippen molar-refractivity contribution in [1.29, 1.82) is 0 Å². The maximum atomic E-state index is 13.8. The maximum Gasteiger partial charge on any atom is 0.266 e. The van der Waals surface area contributed by atoms with Crippen LogP contribution in [0.4, 0.5) is 8.78 Å². The molecule has 0 radical (unpaired) electrons. The van der Waals surface area contributed by atoms with Gasteiger partial charge in [0, 0.05) is 37.1 Å². The zero-order chi connectivity index (χ0) is 23.0. The first kappa shape index (κ1) is 23.4. The number of amides is 1. The minimum Gasteiger partial charge on any atom is -0.494 e. The first-order valence-electron chi connectivity index (χ1n) is 10.1. The lowest BCUT2D eigenvalue weighted by molar-refractivity contribution is -0.127. The topological polar surface area (TPSA) is 92.2 Å². The van der Waals surface area contributed by atoms with E-state index in [-0.39, 0.29) is 31.7 Å². The number of aliphatic hydroxyl groups is 1. The molecule has 0 aliphatic carbocycles. The maximum absolute atomic E-state index is 13.8. The summed E-state index contributed by atoms with van der Waals surface area (Å²) in [5, 5.41) is 8.82. The van der Waals surface area contributed by atoms with Crippen LogP contribution in [0, 0.1) is 11.6 Å². The van der Waals surface area contributed by atoms with Crippen LogP contribution in [-0.2, 0) is 16.1 Å². The summed E-state index contributed by atoms with van der Waals surface area (Å²) in [4.78, 5) is 17.4. The zero-order valence-corrected chi connectivity index (χ0v) is 17.4. The molecule has 1 atom stereocenters. The van der Waals surface area contributed by atoms with E-state index in [4.69, 9.17) is 14.6 Å². The van der Waals surface area contributed by atoms with Gasteiger partial charge in [-0.1, -0.05) is 12.1 Å². The summed E-state index contributed by atoms with van der Waals surface area (Å²) in [6.07, 6.45) is 2.30. The normalized spacial score (nSPS) is 17.4. The predicted octanol–water partition coefficient (Wildman–Crippen LogP) is 2.64. The molecule has 3 N–H and O–H groups in total. The minimum absolute atomic E-state index is 0.00925. The molecule has 170 valence electrons. The number of hydrazine groups is 1. The predicted molar refractivity (Wildman–Crippen MR) is 115 cm³/mol. The van der Waals surface area contributed by atoms with Crippen LogP contribution in [0.25, 0.3) is 0 Å². The van der Waals surface area contributed by atoms with Crippen molar-refractivity contribution in [3.63, 3.8) is 0 Å². The summed E-state index contributed by atoms with van der Waals surface area (Å²) in [6, 6.07) is 10.6. The number of aliphatic imine (C=N–C) groups is 1. The molecular formula is C23H25F2N3O4. The van der Waals surface area contributed by atoms with Crippen molar-refractivity contribution in [3.8, 4) is 5.75 Å². The average molecular weight is 445 g/mol. The van der Waals surface area contributed by atoms with E-state index >= 15 is 0 Å².